The van der Waals surface area contributed by atoms with Crippen LogP contribution >= 0.6 is 0 Å². The van der Waals surface area contributed by atoms with Gasteiger partial charge in [-0.15, -0.1) is 0 Å². The van der Waals surface area contributed by atoms with Crippen LogP contribution in [0.25, 0.3) is 0 Å². The van der Waals surface area contributed by atoms with Gasteiger partial charge >= 0.3 is 11.9 Å². The number of esters is 2. The average Bonchev–Trinajstić information content (AvgIpc) is 3.00. The Morgan fingerprint density at radius 1 is 0.810 bits per heavy atom. The Kier molecular flexibility index (Phi) is 14.2. The number of rotatable bonds is 17. The highest BCUT2D eigenvalue weighted by Gasteiger charge is 2.28. The second-order valence-corrected chi connectivity index (χ2v) is 11.2. The van der Waals surface area contributed by atoms with Crippen LogP contribution < -0.4 is 9.47 Å². The molecule has 42 heavy (non-hydrogen) atoms. The highest BCUT2D eigenvalue weighted by molar-refractivity contribution is 5.91. The number of halogens is 3. The summed E-state index contributed by atoms with van der Waals surface area (Å²) in [7, 11) is 0. The lowest BCUT2D eigenvalue weighted by Gasteiger charge is -2.29. The van der Waals surface area contributed by atoms with E-state index in [1.165, 1.54) is 31.4 Å². The summed E-state index contributed by atoms with van der Waals surface area (Å²) in [5.41, 5.74) is 0.531. The smallest absolute Gasteiger partial charge is 0.346 e. The van der Waals surface area contributed by atoms with Crippen LogP contribution in [0.2, 0.25) is 0 Å². The second kappa shape index (κ2) is 17.8. The number of benzene rings is 2. The van der Waals surface area contributed by atoms with E-state index in [2.05, 4.69) is 6.92 Å². The molecule has 232 valence electrons. The van der Waals surface area contributed by atoms with E-state index in [4.69, 9.17) is 14.2 Å². The standard InChI is InChI=1S/C34H45F3O5/c1-3-5-7-8-9-10-11-23-40-30-22-21-28(31(36)32(30)37)33(38)41-26-17-13-24(14-18-26)25-15-19-27(20-16-25)42-34(39)29(35)12-6-4-2/h13-14,17-18,21-22,25,27,29H,3-12,15-16,19-20,23H2,1-2H3. The molecule has 0 bridgehead atoms. The van der Waals surface area contributed by atoms with Crippen LogP contribution in [0.15, 0.2) is 36.4 Å². The van der Waals surface area contributed by atoms with Crippen LogP contribution in [0.4, 0.5) is 13.2 Å². The molecule has 5 nitrogen and oxygen atoms in total. The predicted octanol–water partition coefficient (Wildman–Crippen LogP) is 9.41. The molecule has 2 aromatic carbocycles. The zero-order valence-corrected chi connectivity index (χ0v) is 25.0. The fraction of sp³-hybridized carbons (Fsp3) is 0.588. The second-order valence-electron chi connectivity index (χ2n) is 11.2. The number of unbranched alkanes of at least 4 members (excludes halogenated alkanes) is 7. The minimum atomic E-state index is -1.56. The molecule has 1 fully saturated rings. The van der Waals surface area contributed by atoms with Gasteiger partial charge in [-0.3, -0.25) is 0 Å². The third kappa shape index (κ3) is 10.4. The molecule has 1 atom stereocenters. The summed E-state index contributed by atoms with van der Waals surface area (Å²) in [6, 6.07) is 9.34. The number of alkyl halides is 1. The van der Waals surface area contributed by atoms with Crippen LogP contribution in [0.1, 0.15) is 126 Å². The molecular formula is C34H45F3O5. The van der Waals surface area contributed by atoms with E-state index < -0.39 is 35.3 Å². The molecule has 0 spiro atoms. The van der Waals surface area contributed by atoms with Gasteiger partial charge < -0.3 is 14.2 Å². The summed E-state index contributed by atoms with van der Waals surface area (Å²) in [6.07, 6.45) is 10.3. The Labute approximate surface area is 248 Å². The van der Waals surface area contributed by atoms with Gasteiger partial charge in [0.1, 0.15) is 11.9 Å². The van der Waals surface area contributed by atoms with Gasteiger partial charge in [-0.2, -0.15) is 4.39 Å². The third-order valence-corrected chi connectivity index (χ3v) is 7.86. The number of hydrogen-bond donors (Lipinski definition) is 0. The normalized spacial score (nSPS) is 17.5. The maximum Gasteiger partial charge on any atom is 0.346 e. The number of hydrogen-bond acceptors (Lipinski definition) is 5. The zero-order chi connectivity index (χ0) is 30.3. The van der Waals surface area contributed by atoms with Crippen molar-refractivity contribution < 1.29 is 37.0 Å². The average molecular weight is 591 g/mol. The monoisotopic (exact) mass is 590 g/mol. The quantitative estimate of drug-likeness (QED) is 0.104. The molecule has 8 heteroatoms. The van der Waals surface area contributed by atoms with Crippen LogP contribution in [0.5, 0.6) is 11.5 Å². The van der Waals surface area contributed by atoms with Gasteiger partial charge in [-0.1, -0.05) is 77.3 Å². The summed E-state index contributed by atoms with van der Waals surface area (Å²) in [4.78, 5) is 24.5. The van der Waals surface area contributed by atoms with Gasteiger partial charge in [0, 0.05) is 0 Å². The Morgan fingerprint density at radius 2 is 1.45 bits per heavy atom. The molecule has 3 rings (SSSR count). The lowest BCUT2D eigenvalue weighted by molar-refractivity contribution is -0.157. The van der Waals surface area contributed by atoms with E-state index in [0.29, 0.717) is 19.3 Å². The van der Waals surface area contributed by atoms with E-state index in [-0.39, 0.29) is 36.5 Å². The molecule has 0 amide bonds. The van der Waals surface area contributed by atoms with Crippen LogP contribution in [0, 0.1) is 11.6 Å². The van der Waals surface area contributed by atoms with Crippen molar-refractivity contribution in [3.63, 3.8) is 0 Å². The molecule has 0 radical (unpaired) electrons. The van der Waals surface area contributed by atoms with Crippen LogP contribution in [-0.4, -0.2) is 30.8 Å². The van der Waals surface area contributed by atoms with Gasteiger partial charge in [-0.25, -0.2) is 18.4 Å². The van der Waals surface area contributed by atoms with Crippen molar-refractivity contribution in [2.75, 3.05) is 6.61 Å². The summed E-state index contributed by atoms with van der Waals surface area (Å²) >= 11 is 0. The molecule has 1 aliphatic rings. The Hall–Kier alpha value is -3.03. The maximum absolute atomic E-state index is 14.7. The minimum Gasteiger partial charge on any atom is -0.490 e. The molecule has 0 aliphatic heterocycles. The molecule has 0 saturated heterocycles. The van der Waals surface area contributed by atoms with E-state index in [1.54, 1.807) is 12.1 Å². The number of carbonyl (C=O) groups excluding carboxylic acids is 2. The number of carbonyl (C=O) groups is 2. The van der Waals surface area contributed by atoms with Gasteiger partial charge in [0.05, 0.1) is 12.2 Å². The Morgan fingerprint density at radius 3 is 2.12 bits per heavy atom. The first-order valence-corrected chi connectivity index (χ1v) is 15.6. The topological polar surface area (TPSA) is 61.8 Å². The fourth-order valence-corrected chi connectivity index (χ4v) is 5.27. The highest BCUT2D eigenvalue weighted by Crippen LogP contribution is 2.35. The zero-order valence-electron chi connectivity index (χ0n) is 25.0. The summed E-state index contributed by atoms with van der Waals surface area (Å²) in [6.45, 7) is 4.40. The van der Waals surface area contributed by atoms with Gasteiger partial charge in [0.15, 0.2) is 17.7 Å². The number of ether oxygens (including phenoxy) is 3. The first kappa shape index (κ1) is 33.5. The maximum atomic E-state index is 14.7. The Balaban J connectivity index is 1.44. The fourth-order valence-electron chi connectivity index (χ4n) is 5.27. The molecule has 1 aliphatic carbocycles. The van der Waals surface area contributed by atoms with Crippen molar-refractivity contribution in [2.45, 2.75) is 122 Å². The molecule has 1 saturated carbocycles. The van der Waals surface area contributed by atoms with Gasteiger partial charge in [0.25, 0.3) is 0 Å². The van der Waals surface area contributed by atoms with Crippen LogP contribution in [-0.2, 0) is 9.53 Å². The minimum absolute atomic E-state index is 0.197. The first-order chi connectivity index (χ1) is 20.3. The molecule has 2 aromatic rings. The molecule has 1 unspecified atom stereocenters. The van der Waals surface area contributed by atoms with E-state index in [1.807, 2.05) is 19.1 Å². The summed E-state index contributed by atoms with van der Waals surface area (Å²) in [5, 5.41) is 0. The van der Waals surface area contributed by atoms with Gasteiger partial charge in [0.2, 0.25) is 5.82 Å². The first-order valence-electron chi connectivity index (χ1n) is 15.6. The summed E-state index contributed by atoms with van der Waals surface area (Å²) < 4.78 is 59.3. The van der Waals surface area contributed by atoms with Crippen molar-refractivity contribution in [1.29, 1.82) is 0 Å². The van der Waals surface area contributed by atoms with E-state index in [9.17, 15) is 22.8 Å². The van der Waals surface area contributed by atoms with Crippen molar-refractivity contribution in [3.05, 3.63) is 59.2 Å². The van der Waals surface area contributed by atoms with Crippen LogP contribution in [0.3, 0.4) is 0 Å². The Bertz CT molecular complexity index is 1110. The van der Waals surface area contributed by atoms with Crippen molar-refractivity contribution >= 4 is 11.9 Å². The van der Waals surface area contributed by atoms with Crippen molar-refractivity contribution in [2.24, 2.45) is 0 Å². The molecule has 0 heterocycles. The molecular weight excluding hydrogens is 545 g/mol. The largest absolute Gasteiger partial charge is 0.490 e. The van der Waals surface area contributed by atoms with Crippen molar-refractivity contribution in [1.82, 2.24) is 0 Å². The van der Waals surface area contributed by atoms with Crippen molar-refractivity contribution in [3.8, 4) is 11.5 Å². The van der Waals surface area contributed by atoms with E-state index >= 15 is 0 Å². The predicted molar refractivity (Wildman–Crippen MR) is 157 cm³/mol. The lowest BCUT2D eigenvalue weighted by Crippen LogP contribution is -2.28. The summed E-state index contributed by atoms with van der Waals surface area (Å²) in [5.74, 6) is -4.03. The SMILES string of the molecule is CCCCCCCCCOc1ccc(C(=O)Oc2ccc(C3CCC(OC(=O)C(F)CCCC)CC3)cc2)c(F)c1F. The van der Waals surface area contributed by atoms with E-state index in [0.717, 1.165) is 50.5 Å². The molecule has 0 aromatic heterocycles. The molecule has 0 N–H and O–H groups in total. The third-order valence-electron chi connectivity index (χ3n) is 7.86. The highest BCUT2D eigenvalue weighted by atomic mass is 19.2. The lowest BCUT2D eigenvalue weighted by atomic mass is 9.83. The van der Waals surface area contributed by atoms with Gasteiger partial charge in [-0.05, 0) is 74.3 Å².